The van der Waals surface area contributed by atoms with Crippen molar-refractivity contribution < 1.29 is 31.5 Å². The number of ether oxygens (including phenoxy) is 1. The highest BCUT2D eigenvalue weighted by Gasteiger charge is 2.35. The van der Waals surface area contributed by atoms with Gasteiger partial charge in [0, 0.05) is 25.2 Å². The molecular weight excluding hydrogens is 578 g/mol. The van der Waals surface area contributed by atoms with Gasteiger partial charge in [0.2, 0.25) is 10.0 Å². The van der Waals surface area contributed by atoms with E-state index in [0.717, 1.165) is 11.1 Å². The number of anilines is 1. The Bertz CT molecular complexity index is 1640. The van der Waals surface area contributed by atoms with Gasteiger partial charge in [0.05, 0.1) is 34.5 Å². The number of amides is 1. The first kappa shape index (κ1) is 31.5. The molecule has 0 saturated carbocycles. The summed E-state index contributed by atoms with van der Waals surface area (Å²) < 4.78 is 62.7. The van der Waals surface area contributed by atoms with E-state index >= 15 is 0 Å². The Balaban J connectivity index is 1.68. The fraction of sp³-hybridized carbons (Fsp3) is 0.367. The molecule has 3 aromatic rings. The van der Waals surface area contributed by atoms with Gasteiger partial charge in [0.25, 0.3) is 15.9 Å². The molecule has 2 N–H and O–H groups in total. The number of hydrogen-bond donors (Lipinski definition) is 2. The van der Waals surface area contributed by atoms with E-state index in [1.165, 1.54) is 46.6 Å². The molecule has 0 aliphatic carbocycles. The van der Waals surface area contributed by atoms with Gasteiger partial charge in [-0.3, -0.25) is 9.52 Å². The minimum Gasteiger partial charge on any atom is -0.488 e. The highest BCUT2D eigenvalue weighted by molar-refractivity contribution is 7.92. The number of carbonyl (C=O) groups is 1. The smallest absolute Gasteiger partial charge is 0.261 e. The third-order valence-corrected chi connectivity index (χ3v) is 10.6. The van der Waals surface area contributed by atoms with Gasteiger partial charge >= 0.3 is 0 Å². The third-order valence-electron chi connectivity index (χ3n) is 7.41. The second-order valence-electron chi connectivity index (χ2n) is 10.9. The first-order valence-electron chi connectivity index (χ1n) is 13.6. The maximum atomic E-state index is 13.7. The number of aryl methyl sites for hydroxylation is 2. The normalized spacial score (nSPS) is 18.5. The molecule has 4 rings (SSSR count). The van der Waals surface area contributed by atoms with Gasteiger partial charge in [0.15, 0.2) is 0 Å². The summed E-state index contributed by atoms with van der Waals surface area (Å²) in [6, 6.07) is 16.8. The monoisotopic (exact) mass is 615 g/mol. The Hall–Kier alpha value is -3.45. The van der Waals surface area contributed by atoms with Crippen LogP contribution in [-0.2, 0) is 20.0 Å². The number of benzene rings is 3. The number of carbonyl (C=O) groups excluding carboxylic acids is 1. The molecule has 1 heterocycles. The molecule has 1 aliphatic heterocycles. The van der Waals surface area contributed by atoms with E-state index in [9.17, 15) is 26.7 Å². The molecule has 0 aromatic heterocycles. The van der Waals surface area contributed by atoms with Crippen LogP contribution in [0.15, 0.2) is 76.5 Å². The predicted octanol–water partition coefficient (Wildman–Crippen LogP) is 3.65. The fourth-order valence-electron chi connectivity index (χ4n) is 4.68. The highest BCUT2D eigenvalue weighted by atomic mass is 32.2. The summed E-state index contributed by atoms with van der Waals surface area (Å²) in [4.78, 5) is 15.5. The Morgan fingerprint density at radius 1 is 0.976 bits per heavy atom. The average Bonchev–Trinajstić information content (AvgIpc) is 2.95. The van der Waals surface area contributed by atoms with Crippen LogP contribution >= 0.6 is 0 Å². The predicted molar refractivity (Wildman–Crippen MR) is 161 cm³/mol. The van der Waals surface area contributed by atoms with Crippen molar-refractivity contribution in [3.05, 3.63) is 83.4 Å². The SMILES string of the molecule is Cc1ccc(S(=O)(=O)Nc2ccc3c(c2)C(=O)N([C@H](C)CO)C[C@H](C)[C@H](CN(C)S(=O)(=O)c2ccc(C)cc2)O3)cc1. The molecule has 0 fully saturated rings. The number of aliphatic hydroxyl groups is 1. The molecule has 0 spiro atoms. The number of nitrogens with zero attached hydrogens (tertiary/aromatic N) is 2. The van der Waals surface area contributed by atoms with E-state index in [2.05, 4.69) is 4.72 Å². The van der Waals surface area contributed by atoms with Crippen molar-refractivity contribution in [1.82, 2.24) is 9.21 Å². The summed E-state index contributed by atoms with van der Waals surface area (Å²) in [7, 11) is -6.28. The average molecular weight is 616 g/mol. The van der Waals surface area contributed by atoms with Gasteiger partial charge in [-0.1, -0.05) is 42.3 Å². The lowest BCUT2D eigenvalue weighted by atomic mass is 9.99. The van der Waals surface area contributed by atoms with E-state index in [1.807, 2.05) is 20.8 Å². The van der Waals surface area contributed by atoms with Gasteiger partial charge in [-0.15, -0.1) is 0 Å². The number of nitrogens with one attached hydrogen (secondary N) is 1. The Morgan fingerprint density at radius 2 is 1.55 bits per heavy atom. The van der Waals surface area contributed by atoms with Crippen molar-refractivity contribution in [2.45, 2.75) is 49.6 Å². The van der Waals surface area contributed by atoms with Gasteiger partial charge < -0.3 is 14.7 Å². The van der Waals surface area contributed by atoms with Gasteiger partial charge in [-0.2, -0.15) is 4.31 Å². The first-order valence-corrected chi connectivity index (χ1v) is 16.5. The van der Waals surface area contributed by atoms with Crippen molar-refractivity contribution in [3.63, 3.8) is 0 Å². The molecule has 3 aromatic carbocycles. The molecule has 0 bridgehead atoms. The summed E-state index contributed by atoms with van der Waals surface area (Å²) in [5, 5.41) is 9.91. The highest BCUT2D eigenvalue weighted by Crippen LogP contribution is 2.32. The molecule has 12 heteroatoms. The maximum Gasteiger partial charge on any atom is 0.261 e. The molecule has 0 radical (unpaired) electrons. The Labute approximate surface area is 248 Å². The number of sulfonamides is 2. The minimum atomic E-state index is -3.93. The van der Waals surface area contributed by atoms with Crippen LogP contribution in [0.25, 0.3) is 0 Å². The molecule has 226 valence electrons. The van der Waals surface area contributed by atoms with Gasteiger partial charge in [-0.25, -0.2) is 16.8 Å². The molecule has 1 aliphatic rings. The summed E-state index contributed by atoms with van der Waals surface area (Å²) in [5.41, 5.74) is 2.11. The van der Waals surface area contributed by atoms with Crippen molar-refractivity contribution >= 4 is 31.6 Å². The topological polar surface area (TPSA) is 133 Å². The molecule has 0 unspecified atom stereocenters. The Morgan fingerprint density at radius 3 is 2.12 bits per heavy atom. The molecule has 0 saturated heterocycles. The van der Waals surface area contributed by atoms with Crippen LogP contribution in [0.1, 0.15) is 35.3 Å². The van der Waals surface area contributed by atoms with Gasteiger partial charge in [0.1, 0.15) is 11.9 Å². The lowest BCUT2D eigenvalue weighted by Gasteiger charge is -2.38. The quantitative estimate of drug-likeness (QED) is 0.376. The zero-order chi connectivity index (χ0) is 30.8. The van der Waals surface area contributed by atoms with Crippen LogP contribution in [0, 0.1) is 19.8 Å². The van der Waals surface area contributed by atoms with E-state index in [4.69, 9.17) is 4.74 Å². The van der Waals surface area contributed by atoms with Crippen molar-refractivity contribution in [3.8, 4) is 5.75 Å². The molecule has 42 heavy (non-hydrogen) atoms. The molecule has 1 amide bonds. The van der Waals surface area contributed by atoms with Crippen LogP contribution in [0.3, 0.4) is 0 Å². The Kier molecular flexibility index (Phi) is 9.31. The largest absolute Gasteiger partial charge is 0.488 e. The number of hydrogen-bond acceptors (Lipinski definition) is 7. The number of rotatable bonds is 9. The van der Waals surface area contributed by atoms with Crippen molar-refractivity contribution in [2.75, 3.05) is 31.5 Å². The van der Waals surface area contributed by atoms with E-state index in [-0.39, 0.29) is 52.4 Å². The van der Waals surface area contributed by atoms with Crippen molar-refractivity contribution in [2.24, 2.45) is 5.92 Å². The maximum absolute atomic E-state index is 13.7. The second-order valence-corrected chi connectivity index (χ2v) is 14.6. The van der Waals surface area contributed by atoms with Crippen LogP contribution in [0.5, 0.6) is 5.75 Å². The zero-order valence-electron chi connectivity index (χ0n) is 24.3. The fourth-order valence-corrected chi connectivity index (χ4v) is 6.91. The van der Waals surface area contributed by atoms with Crippen LogP contribution in [0.2, 0.25) is 0 Å². The molecular formula is C30H37N3O7S2. The van der Waals surface area contributed by atoms with Gasteiger partial charge in [-0.05, 0) is 63.2 Å². The third kappa shape index (κ3) is 6.78. The van der Waals surface area contributed by atoms with E-state index in [0.29, 0.717) is 0 Å². The number of likely N-dealkylation sites (N-methyl/N-ethyl adjacent to an activating group) is 1. The van der Waals surface area contributed by atoms with Crippen LogP contribution < -0.4 is 9.46 Å². The lowest BCUT2D eigenvalue weighted by molar-refractivity contribution is 0.0387. The molecule has 10 nitrogen and oxygen atoms in total. The number of aliphatic hydroxyl groups excluding tert-OH is 1. The molecule has 3 atom stereocenters. The lowest BCUT2D eigenvalue weighted by Crippen LogP contribution is -2.50. The first-order chi connectivity index (χ1) is 19.7. The van der Waals surface area contributed by atoms with E-state index < -0.39 is 38.1 Å². The number of fused-ring (bicyclic) bond motifs is 1. The standard InChI is InChI=1S/C30H37N3O7S2/c1-20-6-11-25(12-7-20)41(36,37)31-24-10-15-28-27(16-24)30(35)33(23(4)19-34)17-22(3)29(40-28)18-32(5)42(38,39)26-13-8-21(2)9-14-26/h6-16,22-23,29,31,34H,17-19H2,1-5H3/t22-,23+,29-/m0/s1. The second kappa shape index (κ2) is 12.4. The summed E-state index contributed by atoms with van der Waals surface area (Å²) in [6.07, 6.45) is -0.662. The van der Waals surface area contributed by atoms with E-state index in [1.54, 1.807) is 43.3 Å². The summed E-state index contributed by atoms with van der Waals surface area (Å²) in [5.74, 6) is -0.563. The van der Waals surface area contributed by atoms with Crippen molar-refractivity contribution in [1.29, 1.82) is 0 Å². The summed E-state index contributed by atoms with van der Waals surface area (Å²) in [6.45, 7) is 7.18. The zero-order valence-corrected chi connectivity index (χ0v) is 25.9. The summed E-state index contributed by atoms with van der Waals surface area (Å²) >= 11 is 0. The minimum absolute atomic E-state index is 0.00580. The van der Waals surface area contributed by atoms with Crippen LogP contribution in [0.4, 0.5) is 5.69 Å². The van der Waals surface area contributed by atoms with Crippen LogP contribution in [-0.4, -0.2) is 75.9 Å².